The molecule has 0 aliphatic carbocycles. The van der Waals surface area contributed by atoms with Crippen molar-refractivity contribution in [2.24, 2.45) is 0 Å². The Hall–Kier alpha value is -1.49. The molecule has 174 valence electrons. The average Bonchev–Trinajstić information content (AvgIpc) is 2.90. The number of rotatable bonds is 7. The summed E-state index contributed by atoms with van der Waals surface area (Å²) in [5.41, 5.74) is 1.94. The van der Waals surface area contributed by atoms with Crippen molar-refractivity contribution >= 4 is 43.0 Å². The Labute approximate surface area is 219 Å². The van der Waals surface area contributed by atoms with E-state index in [9.17, 15) is 9.90 Å². The summed E-state index contributed by atoms with van der Waals surface area (Å²) in [5.74, 6) is 0.846. The number of piperidine rings is 1. The zero-order chi connectivity index (χ0) is 23.7. The predicted octanol–water partition coefficient (Wildman–Crippen LogP) is 6.59. The van der Waals surface area contributed by atoms with E-state index in [1.165, 1.54) is 0 Å². The van der Waals surface area contributed by atoms with Crippen LogP contribution in [0.1, 0.15) is 41.3 Å². The van der Waals surface area contributed by atoms with Gasteiger partial charge in [-0.3, -0.25) is 9.69 Å². The van der Waals surface area contributed by atoms with Crippen LogP contribution < -0.4 is 4.74 Å². The molecule has 0 aromatic heterocycles. The van der Waals surface area contributed by atoms with Gasteiger partial charge in [-0.1, -0.05) is 60.7 Å². The number of likely N-dealkylation sites (tertiary alicyclic amines) is 1. The van der Waals surface area contributed by atoms with E-state index in [4.69, 9.17) is 4.74 Å². The van der Waals surface area contributed by atoms with Gasteiger partial charge in [0.15, 0.2) is 5.78 Å². The third-order valence-corrected chi connectivity index (χ3v) is 6.25. The van der Waals surface area contributed by atoms with Crippen LogP contribution in [0.5, 0.6) is 5.75 Å². The first-order chi connectivity index (χ1) is 16.0. The van der Waals surface area contributed by atoms with Gasteiger partial charge < -0.3 is 9.84 Å². The summed E-state index contributed by atoms with van der Waals surface area (Å²) >= 11 is 4.24. The summed E-state index contributed by atoms with van der Waals surface area (Å²) in [6.45, 7) is 3.84. The molecule has 1 fully saturated rings. The van der Waals surface area contributed by atoms with Crippen LogP contribution in [0.4, 0.5) is 0 Å². The SMILES string of the molecule is C[C@@H](C(=O)c1ccc(OCc2ccccc2)cc1)N1CCC(O)(c2ccccc2)CC1.II. The molecule has 0 bridgehead atoms. The second-order valence-corrected chi connectivity index (χ2v) is 8.27. The molecule has 1 saturated heterocycles. The van der Waals surface area contributed by atoms with Gasteiger partial charge in [0.05, 0.1) is 11.6 Å². The van der Waals surface area contributed by atoms with Gasteiger partial charge in [0.1, 0.15) is 12.4 Å². The number of ketones is 1. The molecule has 0 unspecified atom stereocenters. The lowest BCUT2D eigenvalue weighted by molar-refractivity contribution is -0.0318. The van der Waals surface area contributed by atoms with Crippen molar-refractivity contribution in [3.8, 4) is 5.75 Å². The smallest absolute Gasteiger partial charge is 0.179 e. The van der Waals surface area contributed by atoms with E-state index in [1.54, 1.807) is 0 Å². The van der Waals surface area contributed by atoms with Crippen LogP contribution in [-0.4, -0.2) is 34.9 Å². The van der Waals surface area contributed by atoms with Crippen molar-refractivity contribution in [3.05, 3.63) is 102 Å². The van der Waals surface area contributed by atoms with Crippen LogP contribution in [-0.2, 0) is 12.2 Å². The molecule has 0 spiro atoms. The quantitative estimate of drug-likeness (QED) is 0.228. The number of benzene rings is 3. The largest absolute Gasteiger partial charge is 0.489 e. The molecule has 6 heteroatoms. The molecule has 1 aliphatic rings. The number of hydrogen-bond donors (Lipinski definition) is 1. The highest BCUT2D eigenvalue weighted by Gasteiger charge is 2.36. The number of aliphatic hydroxyl groups is 1. The van der Waals surface area contributed by atoms with Crippen molar-refractivity contribution in [3.63, 3.8) is 0 Å². The molecular formula is C27H29I2NO3. The van der Waals surface area contributed by atoms with Crippen molar-refractivity contribution in [1.29, 1.82) is 0 Å². The molecular weight excluding hydrogens is 640 g/mol. The number of hydrogen-bond acceptors (Lipinski definition) is 4. The van der Waals surface area contributed by atoms with E-state index in [0.29, 0.717) is 38.1 Å². The molecule has 0 saturated carbocycles. The molecule has 1 heterocycles. The molecule has 1 aliphatic heterocycles. The molecule has 1 atom stereocenters. The minimum atomic E-state index is -0.807. The van der Waals surface area contributed by atoms with Gasteiger partial charge in [-0.15, -0.1) is 0 Å². The van der Waals surface area contributed by atoms with Gasteiger partial charge in [-0.25, -0.2) is 0 Å². The fourth-order valence-electron chi connectivity index (χ4n) is 4.18. The fraction of sp³-hybridized carbons (Fsp3) is 0.296. The van der Waals surface area contributed by atoms with Crippen LogP contribution >= 0.6 is 37.2 Å². The molecule has 0 amide bonds. The molecule has 4 rings (SSSR count). The predicted molar refractivity (Wildman–Crippen MR) is 150 cm³/mol. The molecule has 3 aromatic rings. The zero-order valence-corrected chi connectivity index (χ0v) is 23.0. The fourth-order valence-corrected chi connectivity index (χ4v) is 4.18. The second-order valence-electron chi connectivity index (χ2n) is 8.27. The lowest BCUT2D eigenvalue weighted by Gasteiger charge is -2.40. The maximum absolute atomic E-state index is 13.0. The minimum Gasteiger partial charge on any atom is -0.489 e. The standard InChI is InChI=1S/C27H29NO3.I2/c1-21(28-18-16-27(30,17-19-28)24-10-6-3-7-11-24)26(29)23-12-14-25(15-13-23)31-20-22-8-4-2-5-9-22;1-2/h2-15,21,30H,16-20H2,1H3;/t21-;/m0./s1. The first kappa shape index (κ1) is 26.1. The summed E-state index contributed by atoms with van der Waals surface area (Å²) in [6.07, 6.45) is 1.25. The zero-order valence-electron chi connectivity index (χ0n) is 18.7. The van der Waals surface area contributed by atoms with Crippen LogP contribution in [0.3, 0.4) is 0 Å². The molecule has 33 heavy (non-hydrogen) atoms. The first-order valence-corrected chi connectivity index (χ1v) is 17.3. The molecule has 0 radical (unpaired) electrons. The van der Waals surface area contributed by atoms with Crippen molar-refractivity contribution in [1.82, 2.24) is 4.90 Å². The maximum Gasteiger partial charge on any atom is 0.179 e. The van der Waals surface area contributed by atoms with E-state index in [0.717, 1.165) is 16.9 Å². The number of halogens is 2. The third kappa shape index (κ3) is 7.00. The lowest BCUT2D eigenvalue weighted by atomic mass is 9.84. The summed E-state index contributed by atoms with van der Waals surface area (Å²) < 4.78 is 5.82. The van der Waals surface area contributed by atoms with E-state index >= 15 is 0 Å². The van der Waals surface area contributed by atoms with Crippen LogP contribution in [0.15, 0.2) is 84.9 Å². The maximum atomic E-state index is 13.0. The summed E-state index contributed by atoms with van der Waals surface area (Å²) in [5, 5.41) is 11.0. The van der Waals surface area contributed by atoms with Crippen LogP contribution in [0.25, 0.3) is 0 Å². The normalized spacial score (nSPS) is 16.2. The van der Waals surface area contributed by atoms with E-state index in [2.05, 4.69) is 42.1 Å². The topological polar surface area (TPSA) is 49.8 Å². The Morgan fingerprint density at radius 2 is 1.48 bits per heavy atom. The molecule has 3 aromatic carbocycles. The average molecular weight is 669 g/mol. The van der Waals surface area contributed by atoms with Gasteiger partial charge in [0.2, 0.25) is 0 Å². The van der Waals surface area contributed by atoms with E-state index < -0.39 is 5.60 Å². The Balaban J connectivity index is 0.00000149. The molecule has 4 nitrogen and oxygen atoms in total. The Kier molecular flexibility index (Phi) is 10.2. The Bertz CT molecular complexity index is 989. The highest BCUT2D eigenvalue weighted by Crippen LogP contribution is 2.33. The van der Waals surface area contributed by atoms with Crippen molar-refractivity contribution in [2.75, 3.05) is 13.1 Å². The van der Waals surface area contributed by atoms with Crippen molar-refractivity contribution < 1.29 is 14.6 Å². The summed E-state index contributed by atoms with van der Waals surface area (Å²) in [4.78, 5) is 15.2. The monoisotopic (exact) mass is 669 g/mol. The first-order valence-electron chi connectivity index (χ1n) is 11.0. The second kappa shape index (κ2) is 12.8. The number of nitrogens with zero attached hydrogens (tertiary/aromatic N) is 1. The summed E-state index contributed by atoms with van der Waals surface area (Å²) in [6, 6.07) is 27.0. The summed E-state index contributed by atoms with van der Waals surface area (Å²) in [7, 11) is 0. The highest BCUT2D eigenvalue weighted by atomic mass is 128. The van der Waals surface area contributed by atoms with E-state index in [-0.39, 0.29) is 11.8 Å². The van der Waals surface area contributed by atoms with Gasteiger partial charge in [0, 0.05) is 55.9 Å². The minimum absolute atomic E-state index is 0.0970. The lowest BCUT2D eigenvalue weighted by Crippen LogP contribution is -2.48. The number of carbonyl (C=O) groups is 1. The van der Waals surface area contributed by atoms with Gasteiger partial charge in [-0.05, 0) is 55.2 Å². The van der Waals surface area contributed by atoms with E-state index in [1.807, 2.05) is 91.9 Å². The van der Waals surface area contributed by atoms with Crippen LogP contribution in [0.2, 0.25) is 0 Å². The van der Waals surface area contributed by atoms with Gasteiger partial charge in [-0.2, -0.15) is 0 Å². The number of ether oxygens (including phenoxy) is 1. The third-order valence-electron chi connectivity index (χ3n) is 6.25. The van der Waals surface area contributed by atoms with Gasteiger partial charge in [0.25, 0.3) is 0 Å². The van der Waals surface area contributed by atoms with Crippen molar-refractivity contribution in [2.45, 2.75) is 38.0 Å². The van der Waals surface area contributed by atoms with Crippen LogP contribution in [0, 0.1) is 0 Å². The highest BCUT2D eigenvalue weighted by molar-refractivity contribution is 15.0. The Morgan fingerprint density at radius 1 is 0.939 bits per heavy atom. The number of carbonyl (C=O) groups excluding carboxylic acids is 1. The van der Waals surface area contributed by atoms with Gasteiger partial charge >= 0.3 is 0 Å². The Morgan fingerprint density at radius 3 is 2.06 bits per heavy atom. The number of Topliss-reactive ketones (excluding diaryl/α,β-unsaturated/α-hetero) is 1. The molecule has 1 N–H and O–H groups in total.